The van der Waals surface area contributed by atoms with Gasteiger partial charge in [-0.25, -0.2) is 9.29 Å². The maximum Gasteiger partial charge on any atom is 0.305 e. The second kappa shape index (κ2) is 10.6. The summed E-state index contributed by atoms with van der Waals surface area (Å²) in [4.78, 5) is 64.4. The van der Waals surface area contributed by atoms with Crippen LogP contribution in [0.3, 0.4) is 0 Å². The summed E-state index contributed by atoms with van der Waals surface area (Å²) in [5, 5.41) is 19.6. The number of fused-ring (bicyclic) bond motifs is 4. The van der Waals surface area contributed by atoms with Crippen LogP contribution in [0.5, 0.6) is 11.5 Å². The molecule has 2 aromatic carbocycles. The van der Waals surface area contributed by atoms with Gasteiger partial charge in [-0.15, -0.1) is 23.2 Å². The highest BCUT2D eigenvalue weighted by Gasteiger charge is 2.76. The zero-order chi connectivity index (χ0) is 31.7. The summed E-state index contributed by atoms with van der Waals surface area (Å²) in [5.74, 6) is -8.34. The van der Waals surface area contributed by atoms with Crippen molar-refractivity contribution in [1.29, 1.82) is 0 Å². The highest BCUT2D eigenvalue weighted by Crippen LogP contribution is 2.66. The lowest BCUT2D eigenvalue weighted by Gasteiger charge is -2.50. The summed E-state index contributed by atoms with van der Waals surface area (Å²) in [6, 6.07) is 9.09. The maximum absolute atomic E-state index is 14.3. The number of phenols is 1. The molecule has 0 radical (unpaired) electrons. The first-order valence-corrected chi connectivity index (χ1v) is 14.9. The van der Waals surface area contributed by atoms with Gasteiger partial charge in [-0.2, -0.15) is 0 Å². The summed E-state index contributed by atoms with van der Waals surface area (Å²) in [6.07, 6.45) is 1.16. The third-order valence-electron chi connectivity index (χ3n) is 9.15. The summed E-state index contributed by atoms with van der Waals surface area (Å²) < 4.78 is 19.4. The van der Waals surface area contributed by atoms with Crippen LogP contribution >= 0.6 is 23.2 Å². The van der Waals surface area contributed by atoms with Crippen molar-refractivity contribution in [2.45, 2.75) is 41.9 Å². The van der Waals surface area contributed by atoms with Gasteiger partial charge >= 0.3 is 5.97 Å². The number of alkyl halides is 2. The molecule has 2 aliphatic carbocycles. The number of hydrogen-bond donors (Lipinski definition) is 2. The fraction of sp³-hybridized carbons (Fsp3) is 0.387. The van der Waals surface area contributed by atoms with E-state index in [9.17, 15) is 38.6 Å². The maximum atomic E-state index is 14.3. The van der Waals surface area contributed by atoms with Crippen LogP contribution in [0, 0.1) is 23.6 Å². The normalized spacial score (nSPS) is 31.0. The number of carbonyl (C=O) groups is 5. The first-order chi connectivity index (χ1) is 20.8. The zero-order valence-electron chi connectivity index (χ0n) is 23.3. The number of aliphatic carboxylic acids is 1. The lowest BCUT2D eigenvalue weighted by atomic mass is 9.56. The second-order valence-corrected chi connectivity index (χ2v) is 12.6. The number of hydrogen-bond acceptors (Lipinski definition) is 7. The Labute approximate surface area is 261 Å². The Morgan fingerprint density at radius 1 is 1.05 bits per heavy atom. The van der Waals surface area contributed by atoms with Gasteiger partial charge in [-0.05, 0) is 67.6 Å². The third kappa shape index (κ3) is 4.16. The monoisotopic (exact) mass is 644 g/mol. The number of carboxylic acid groups (broad SMARTS) is 1. The number of phenolic OH excluding ortho intramolecular Hbond substituents is 1. The summed E-state index contributed by atoms with van der Waals surface area (Å²) in [6.45, 7) is 1.63. The Kier molecular flexibility index (Phi) is 7.24. The van der Waals surface area contributed by atoms with Crippen molar-refractivity contribution >= 4 is 58.5 Å². The standard InChI is InChI=1S/C31H27Cl2FN2O8/c1-2-44-22-13-15(3-10-21(22)37)25-18-8-9-19-24(27(41)35(26(19)40)12-11-23(38)39)20(18)14-30(32)28(42)36(29(43)31(25,30)33)17-6-4-16(34)5-7-17/h3-8,10,13,19-20,24-25,37H,2,9,11-12,14H2,1H3,(H,38,39)/t19-,20+,24-,25-,30+,31-/m0/s1. The lowest BCUT2D eigenvalue weighted by molar-refractivity contribution is -0.142. The number of nitrogens with zero attached hydrogens (tertiary/aromatic N) is 2. The molecule has 6 atom stereocenters. The molecule has 2 saturated heterocycles. The van der Waals surface area contributed by atoms with Gasteiger partial charge in [0.2, 0.25) is 11.8 Å². The molecule has 44 heavy (non-hydrogen) atoms. The van der Waals surface area contributed by atoms with Crippen molar-refractivity contribution in [3.63, 3.8) is 0 Å². The van der Waals surface area contributed by atoms with E-state index in [1.807, 2.05) is 0 Å². The smallest absolute Gasteiger partial charge is 0.305 e. The Morgan fingerprint density at radius 3 is 2.41 bits per heavy atom. The molecule has 0 bridgehead atoms. The Balaban J connectivity index is 1.52. The highest BCUT2D eigenvalue weighted by molar-refractivity contribution is 6.58. The number of ether oxygens (including phenoxy) is 1. The topological polar surface area (TPSA) is 142 Å². The van der Waals surface area contributed by atoms with Crippen molar-refractivity contribution in [2.24, 2.45) is 17.8 Å². The van der Waals surface area contributed by atoms with Crippen LogP contribution in [0.2, 0.25) is 0 Å². The van der Waals surface area contributed by atoms with E-state index in [2.05, 4.69) is 0 Å². The number of likely N-dealkylation sites (tertiary alicyclic amines) is 1. The highest BCUT2D eigenvalue weighted by atomic mass is 35.5. The summed E-state index contributed by atoms with van der Waals surface area (Å²) in [7, 11) is 0. The molecule has 2 heterocycles. The Morgan fingerprint density at radius 2 is 1.75 bits per heavy atom. The van der Waals surface area contributed by atoms with Gasteiger partial charge in [-0.1, -0.05) is 17.7 Å². The Hall–Kier alpha value is -3.96. The van der Waals surface area contributed by atoms with Crippen molar-refractivity contribution in [2.75, 3.05) is 18.1 Å². The second-order valence-electron chi connectivity index (χ2n) is 11.4. The molecule has 13 heteroatoms. The van der Waals surface area contributed by atoms with E-state index in [0.717, 1.165) is 21.9 Å². The molecule has 230 valence electrons. The molecule has 4 amide bonds. The molecule has 2 aromatic rings. The summed E-state index contributed by atoms with van der Waals surface area (Å²) in [5.41, 5.74) is 0.952. The van der Waals surface area contributed by atoms with E-state index >= 15 is 0 Å². The molecule has 10 nitrogen and oxygen atoms in total. The lowest BCUT2D eigenvalue weighted by Crippen LogP contribution is -2.60. The van der Waals surface area contributed by atoms with Crippen LogP contribution in [0.1, 0.15) is 37.7 Å². The van der Waals surface area contributed by atoms with E-state index in [0.29, 0.717) is 11.1 Å². The largest absolute Gasteiger partial charge is 0.504 e. The van der Waals surface area contributed by atoms with Gasteiger partial charge in [0, 0.05) is 12.5 Å². The molecule has 2 N–H and O–H groups in total. The predicted octanol–water partition coefficient (Wildman–Crippen LogP) is 3.97. The van der Waals surface area contributed by atoms with Crippen molar-refractivity contribution < 1.29 is 43.3 Å². The average molecular weight is 645 g/mol. The van der Waals surface area contributed by atoms with Gasteiger partial charge in [0.15, 0.2) is 21.2 Å². The number of rotatable bonds is 7. The number of amides is 4. The number of anilines is 1. The molecule has 6 rings (SSSR count). The van der Waals surface area contributed by atoms with E-state index in [4.69, 9.17) is 27.9 Å². The van der Waals surface area contributed by atoms with E-state index in [1.165, 1.54) is 30.3 Å². The minimum atomic E-state index is -2.13. The van der Waals surface area contributed by atoms with Crippen molar-refractivity contribution in [1.82, 2.24) is 4.90 Å². The molecule has 1 saturated carbocycles. The van der Waals surface area contributed by atoms with E-state index < -0.39 is 75.3 Å². The number of carbonyl (C=O) groups excluding carboxylic acids is 4. The van der Waals surface area contributed by atoms with E-state index in [1.54, 1.807) is 13.0 Å². The van der Waals surface area contributed by atoms with Crippen LogP contribution in [-0.2, 0) is 24.0 Å². The molecule has 3 fully saturated rings. The molecular formula is C31H27Cl2FN2O8. The molecule has 0 spiro atoms. The first kappa shape index (κ1) is 30.1. The van der Waals surface area contributed by atoms with Gasteiger partial charge in [0.25, 0.3) is 11.8 Å². The van der Waals surface area contributed by atoms with Gasteiger partial charge in [0.05, 0.1) is 30.6 Å². The molecule has 0 unspecified atom stereocenters. The van der Waals surface area contributed by atoms with Gasteiger partial charge in [-0.3, -0.25) is 28.9 Å². The first-order valence-electron chi connectivity index (χ1n) is 14.1. The fourth-order valence-corrected chi connectivity index (χ4v) is 8.18. The third-order valence-corrected chi connectivity index (χ3v) is 10.6. The SMILES string of the molecule is CCOc1cc([C@H]2C3=CC[C@@H]4C(=O)N(CCC(=O)O)C(=O)[C@@H]4[C@@H]3C[C@@]3(Cl)C(=O)N(c4ccc(F)cc4)C(=O)[C@@]23Cl)ccc1O. The van der Waals surface area contributed by atoms with Crippen LogP contribution < -0.4 is 9.64 Å². The van der Waals surface area contributed by atoms with E-state index in [-0.39, 0.29) is 43.2 Å². The number of imide groups is 2. The minimum Gasteiger partial charge on any atom is -0.504 e. The number of halogens is 3. The summed E-state index contributed by atoms with van der Waals surface area (Å²) >= 11 is 14.6. The van der Waals surface area contributed by atoms with Crippen LogP contribution in [0.4, 0.5) is 10.1 Å². The molecule has 2 aliphatic heterocycles. The molecule has 0 aromatic heterocycles. The quantitative estimate of drug-likeness (QED) is 0.262. The van der Waals surface area contributed by atoms with Crippen molar-refractivity contribution in [3.05, 3.63) is 65.5 Å². The Bertz CT molecular complexity index is 1650. The molecular weight excluding hydrogens is 618 g/mol. The number of carboxylic acids is 1. The van der Waals surface area contributed by atoms with Gasteiger partial charge in [0.1, 0.15) is 5.82 Å². The minimum absolute atomic E-state index is 0.0529. The van der Waals surface area contributed by atoms with Crippen LogP contribution in [0.15, 0.2) is 54.1 Å². The van der Waals surface area contributed by atoms with Gasteiger partial charge < -0.3 is 14.9 Å². The molecule has 4 aliphatic rings. The fourth-order valence-electron chi connectivity index (χ4n) is 7.25. The number of allylic oxidation sites excluding steroid dienone is 2. The number of benzene rings is 2. The van der Waals surface area contributed by atoms with Crippen LogP contribution in [-0.4, -0.2) is 67.6 Å². The van der Waals surface area contributed by atoms with Crippen LogP contribution in [0.25, 0.3) is 0 Å². The zero-order valence-corrected chi connectivity index (χ0v) is 24.8. The predicted molar refractivity (Wildman–Crippen MR) is 155 cm³/mol. The van der Waals surface area contributed by atoms with Crippen molar-refractivity contribution in [3.8, 4) is 11.5 Å². The average Bonchev–Trinajstić information content (AvgIpc) is 3.31. The number of aromatic hydroxyl groups is 1.